The first-order valence-electron chi connectivity index (χ1n) is 12.0. The summed E-state index contributed by atoms with van der Waals surface area (Å²) in [6, 6.07) is 18.4. The molecule has 2 atom stereocenters. The van der Waals surface area contributed by atoms with Gasteiger partial charge in [-0.05, 0) is 25.0 Å². The maximum atomic E-state index is 13.7. The third-order valence-electron chi connectivity index (χ3n) is 6.69. The molecule has 2 aliphatic heterocycles. The summed E-state index contributed by atoms with van der Waals surface area (Å²) in [4.78, 5) is 32.7. The number of hydrogen-bond acceptors (Lipinski definition) is 4. The van der Waals surface area contributed by atoms with E-state index in [1.807, 2.05) is 28.0 Å². The van der Waals surface area contributed by atoms with Crippen LogP contribution in [0.25, 0.3) is 0 Å². The number of likely N-dealkylation sites (tertiary alicyclic amines) is 1. The number of amides is 2. The van der Waals surface area contributed by atoms with Crippen molar-refractivity contribution in [1.82, 2.24) is 14.7 Å². The normalized spacial score (nSPS) is 20.1. The average molecular weight is 450 g/mol. The van der Waals surface area contributed by atoms with E-state index in [1.54, 1.807) is 0 Å². The quantitative estimate of drug-likeness (QED) is 0.622. The number of benzene rings is 2. The van der Waals surface area contributed by atoms with Gasteiger partial charge in [0.2, 0.25) is 11.8 Å². The van der Waals surface area contributed by atoms with Crippen molar-refractivity contribution in [3.63, 3.8) is 0 Å². The summed E-state index contributed by atoms with van der Waals surface area (Å²) in [5.41, 5.74) is 3.41. The van der Waals surface area contributed by atoms with Crippen LogP contribution in [0.15, 0.2) is 54.6 Å². The number of hydrogen-bond donors (Lipinski definition) is 0. The fraction of sp³-hybridized carbons (Fsp3) is 0.481. The highest BCUT2D eigenvalue weighted by Crippen LogP contribution is 2.24. The number of rotatable bonds is 8. The van der Waals surface area contributed by atoms with Gasteiger partial charge in [-0.25, -0.2) is 0 Å². The Morgan fingerprint density at radius 3 is 2.45 bits per heavy atom. The fourth-order valence-corrected chi connectivity index (χ4v) is 4.73. The fourth-order valence-electron chi connectivity index (χ4n) is 4.73. The molecular formula is C27H35N3O3. The molecule has 0 saturated carbocycles. The van der Waals surface area contributed by atoms with Crippen LogP contribution in [0, 0.1) is 12.8 Å². The first-order chi connectivity index (χ1) is 16.0. The van der Waals surface area contributed by atoms with Gasteiger partial charge in [0.05, 0.1) is 19.1 Å². The molecule has 0 bridgehead atoms. The predicted molar refractivity (Wildman–Crippen MR) is 128 cm³/mol. The molecule has 2 aromatic rings. The Labute approximate surface area is 197 Å². The highest BCUT2D eigenvalue weighted by Gasteiger charge is 2.38. The van der Waals surface area contributed by atoms with Gasteiger partial charge >= 0.3 is 0 Å². The third-order valence-corrected chi connectivity index (χ3v) is 6.69. The SMILES string of the molecule is Cc1ccc(CN2CC(C(=O)N(Cc3ccccc3)C(C)CN3CCOCC3)CC2=O)cc1. The molecule has 2 fully saturated rings. The van der Waals surface area contributed by atoms with E-state index in [0.717, 1.165) is 44.0 Å². The largest absolute Gasteiger partial charge is 0.379 e. The van der Waals surface area contributed by atoms with E-state index < -0.39 is 0 Å². The van der Waals surface area contributed by atoms with Gasteiger partial charge in [-0.15, -0.1) is 0 Å². The van der Waals surface area contributed by atoms with Crippen molar-refractivity contribution >= 4 is 11.8 Å². The van der Waals surface area contributed by atoms with E-state index >= 15 is 0 Å². The molecule has 4 rings (SSSR count). The molecule has 2 unspecified atom stereocenters. The Kier molecular flexibility index (Phi) is 7.78. The monoisotopic (exact) mass is 449 g/mol. The summed E-state index contributed by atoms with van der Waals surface area (Å²) < 4.78 is 5.48. The minimum Gasteiger partial charge on any atom is -0.379 e. The Morgan fingerprint density at radius 1 is 1.06 bits per heavy atom. The van der Waals surface area contributed by atoms with Crippen LogP contribution >= 0.6 is 0 Å². The van der Waals surface area contributed by atoms with Crippen LogP contribution in [0.4, 0.5) is 0 Å². The highest BCUT2D eigenvalue weighted by molar-refractivity contribution is 5.89. The average Bonchev–Trinajstić information content (AvgIpc) is 3.20. The smallest absolute Gasteiger partial charge is 0.228 e. The van der Waals surface area contributed by atoms with Gasteiger partial charge in [0.25, 0.3) is 0 Å². The second-order valence-corrected chi connectivity index (χ2v) is 9.37. The molecule has 2 aliphatic rings. The summed E-state index contributed by atoms with van der Waals surface area (Å²) in [6.45, 7) is 9.87. The number of nitrogens with zero attached hydrogens (tertiary/aromatic N) is 3. The van der Waals surface area contributed by atoms with Crippen molar-refractivity contribution in [3.8, 4) is 0 Å². The molecule has 0 aromatic heterocycles. The molecule has 0 spiro atoms. The van der Waals surface area contributed by atoms with E-state index in [-0.39, 0.29) is 23.8 Å². The standard InChI is InChI=1S/C27H35N3O3/c1-21-8-10-24(11-9-21)18-29-20-25(16-26(29)31)27(32)30(19-23-6-4-3-5-7-23)22(2)17-28-12-14-33-15-13-28/h3-11,22,25H,12-20H2,1-2H3. The lowest BCUT2D eigenvalue weighted by atomic mass is 10.0. The Morgan fingerprint density at radius 2 is 1.76 bits per heavy atom. The molecule has 176 valence electrons. The zero-order valence-electron chi connectivity index (χ0n) is 19.8. The second kappa shape index (κ2) is 10.9. The summed E-state index contributed by atoms with van der Waals surface area (Å²) in [6.07, 6.45) is 0.292. The number of carbonyl (C=O) groups excluding carboxylic acids is 2. The Balaban J connectivity index is 1.45. The summed E-state index contributed by atoms with van der Waals surface area (Å²) in [5.74, 6) is -0.146. The van der Waals surface area contributed by atoms with Gasteiger partial charge in [0.1, 0.15) is 0 Å². The van der Waals surface area contributed by atoms with Crippen molar-refractivity contribution in [2.45, 2.75) is 39.4 Å². The summed E-state index contributed by atoms with van der Waals surface area (Å²) in [5, 5.41) is 0. The predicted octanol–water partition coefficient (Wildman–Crippen LogP) is 3.09. The molecule has 0 radical (unpaired) electrons. The van der Waals surface area contributed by atoms with Crippen molar-refractivity contribution < 1.29 is 14.3 Å². The molecule has 2 aromatic carbocycles. The minimum absolute atomic E-state index is 0.0528. The number of ether oxygens (including phenoxy) is 1. The van der Waals surface area contributed by atoms with Crippen LogP contribution in [0.1, 0.15) is 30.0 Å². The maximum Gasteiger partial charge on any atom is 0.228 e. The zero-order chi connectivity index (χ0) is 23.2. The molecule has 2 saturated heterocycles. The van der Waals surface area contributed by atoms with Gasteiger partial charge in [0.15, 0.2) is 0 Å². The molecule has 0 N–H and O–H groups in total. The van der Waals surface area contributed by atoms with Gasteiger partial charge in [-0.1, -0.05) is 60.2 Å². The van der Waals surface area contributed by atoms with Crippen LogP contribution in [0.2, 0.25) is 0 Å². The maximum absolute atomic E-state index is 13.7. The molecular weight excluding hydrogens is 414 g/mol. The summed E-state index contributed by atoms with van der Waals surface area (Å²) >= 11 is 0. The molecule has 6 heteroatoms. The van der Waals surface area contributed by atoms with Crippen molar-refractivity contribution in [2.24, 2.45) is 5.92 Å². The van der Waals surface area contributed by atoms with Crippen molar-refractivity contribution in [2.75, 3.05) is 39.4 Å². The van der Waals surface area contributed by atoms with Crippen LogP contribution < -0.4 is 0 Å². The second-order valence-electron chi connectivity index (χ2n) is 9.37. The van der Waals surface area contributed by atoms with E-state index in [1.165, 1.54) is 5.56 Å². The van der Waals surface area contributed by atoms with E-state index in [9.17, 15) is 9.59 Å². The number of aryl methyl sites for hydroxylation is 1. The van der Waals surface area contributed by atoms with Crippen molar-refractivity contribution in [1.29, 1.82) is 0 Å². The number of carbonyl (C=O) groups is 2. The number of morpholine rings is 1. The molecule has 2 amide bonds. The molecule has 6 nitrogen and oxygen atoms in total. The van der Waals surface area contributed by atoms with Crippen LogP contribution in [-0.2, 0) is 27.4 Å². The van der Waals surface area contributed by atoms with E-state index in [0.29, 0.717) is 26.1 Å². The Hall–Kier alpha value is -2.70. The van der Waals surface area contributed by atoms with E-state index in [2.05, 4.69) is 55.1 Å². The first-order valence-corrected chi connectivity index (χ1v) is 12.0. The Bertz CT molecular complexity index is 925. The summed E-state index contributed by atoms with van der Waals surface area (Å²) in [7, 11) is 0. The lowest BCUT2D eigenvalue weighted by molar-refractivity contribution is -0.139. The molecule has 2 heterocycles. The first kappa shape index (κ1) is 23.5. The lowest BCUT2D eigenvalue weighted by Gasteiger charge is -2.36. The highest BCUT2D eigenvalue weighted by atomic mass is 16.5. The third kappa shape index (κ3) is 6.21. The van der Waals surface area contributed by atoms with Crippen molar-refractivity contribution in [3.05, 3.63) is 71.3 Å². The van der Waals surface area contributed by atoms with Gasteiger partial charge in [-0.3, -0.25) is 14.5 Å². The zero-order valence-corrected chi connectivity index (χ0v) is 19.8. The lowest BCUT2D eigenvalue weighted by Crippen LogP contribution is -2.49. The van der Waals surface area contributed by atoms with Crippen LogP contribution in [0.5, 0.6) is 0 Å². The minimum atomic E-state index is -0.293. The molecule has 33 heavy (non-hydrogen) atoms. The topological polar surface area (TPSA) is 53.1 Å². The van der Waals surface area contributed by atoms with Crippen LogP contribution in [0.3, 0.4) is 0 Å². The van der Waals surface area contributed by atoms with Gasteiger partial charge in [0, 0.05) is 51.7 Å². The van der Waals surface area contributed by atoms with Crippen LogP contribution in [-0.4, -0.2) is 71.9 Å². The molecule has 0 aliphatic carbocycles. The van der Waals surface area contributed by atoms with E-state index in [4.69, 9.17) is 4.74 Å². The van der Waals surface area contributed by atoms with Gasteiger partial charge < -0.3 is 14.5 Å². The van der Waals surface area contributed by atoms with Gasteiger partial charge in [-0.2, -0.15) is 0 Å².